The van der Waals surface area contributed by atoms with Gasteiger partial charge in [0.25, 0.3) is 0 Å². The molecule has 0 saturated heterocycles. The highest BCUT2D eigenvalue weighted by atomic mass is 16.5. The summed E-state index contributed by atoms with van der Waals surface area (Å²) in [6, 6.07) is 0. The van der Waals surface area contributed by atoms with Crippen LogP contribution in [0.1, 0.15) is 26.7 Å². The highest BCUT2D eigenvalue weighted by Gasteiger charge is 2.06. The minimum Gasteiger partial charge on any atom is -0.396 e. The van der Waals surface area contributed by atoms with E-state index in [1.54, 1.807) is 0 Å². The van der Waals surface area contributed by atoms with E-state index in [1.165, 1.54) is 0 Å². The predicted molar refractivity (Wildman–Crippen MR) is 43.4 cm³/mol. The van der Waals surface area contributed by atoms with Crippen LogP contribution in [0.15, 0.2) is 0 Å². The maximum absolute atomic E-state index is 8.55. The van der Waals surface area contributed by atoms with Crippen LogP contribution >= 0.6 is 0 Å². The smallest absolute Gasteiger partial charge is 0.0572 e. The van der Waals surface area contributed by atoms with E-state index in [4.69, 9.17) is 14.9 Å². The van der Waals surface area contributed by atoms with E-state index in [2.05, 4.69) is 0 Å². The molecular weight excluding hydrogens is 144 g/mol. The van der Waals surface area contributed by atoms with E-state index in [1.807, 2.05) is 13.8 Å². The molecule has 0 heterocycles. The van der Waals surface area contributed by atoms with E-state index in [0.717, 1.165) is 0 Å². The van der Waals surface area contributed by atoms with Crippen molar-refractivity contribution in [3.8, 4) is 0 Å². The van der Waals surface area contributed by atoms with Gasteiger partial charge in [-0.05, 0) is 26.7 Å². The average Bonchev–Trinajstić information content (AvgIpc) is 1.87. The first-order chi connectivity index (χ1) is 5.20. The fourth-order valence-electron chi connectivity index (χ4n) is 0.896. The van der Waals surface area contributed by atoms with Gasteiger partial charge in [-0.25, -0.2) is 0 Å². The van der Waals surface area contributed by atoms with Gasteiger partial charge in [-0.15, -0.1) is 0 Å². The molecule has 0 unspecified atom stereocenters. The number of aliphatic hydroxyl groups is 2. The van der Waals surface area contributed by atoms with Gasteiger partial charge < -0.3 is 14.9 Å². The van der Waals surface area contributed by atoms with E-state index in [-0.39, 0.29) is 25.4 Å². The van der Waals surface area contributed by atoms with Gasteiger partial charge in [0.2, 0.25) is 0 Å². The highest BCUT2D eigenvalue weighted by molar-refractivity contribution is 4.54. The first-order valence-corrected chi connectivity index (χ1v) is 4.08. The van der Waals surface area contributed by atoms with Crippen molar-refractivity contribution in [2.45, 2.75) is 38.9 Å². The van der Waals surface area contributed by atoms with Gasteiger partial charge >= 0.3 is 0 Å². The van der Waals surface area contributed by atoms with E-state index >= 15 is 0 Å². The lowest BCUT2D eigenvalue weighted by molar-refractivity contribution is -0.0138. The van der Waals surface area contributed by atoms with Crippen molar-refractivity contribution in [3.63, 3.8) is 0 Å². The standard InChI is InChI=1S/C8H18O3/c1-7(3-5-9)11-8(2)4-6-10/h7-10H,3-6H2,1-2H3/t7-,8+. The highest BCUT2D eigenvalue weighted by Crippen LogP contribution is 2.04. The number of aliphatic hydroxyl groups excluding tert-OH is 2. The molecule has 68 valence electrons. The molecule has 0 rings (SSSR count). The number of ether oxygens (including phenoxy) is 1. The van der Waals surface area contributed by atoms with Gasteiger partial charge in [-0.3, -0.25) is 0 Å². The van der Waals surface area contributed by atoms with Crippen LogP contribution in [-0.4, -0.2) is 35.6 Å². The Hall–Kier alpha value is -0.120. The summed E-state index contributed by atoms with van der Waals surface area (Å²) in [5.74, 6) is 0. The first-order valence-electron chi connectivity index (χ1n) is 4.08. The topological polar surface area (TPSA) is 49.7 Å². The Kier molecular flexibility index (Phi) is 6.51. The molecular formula is C8H18O3. The average molecular weight is 162 g/mol. The molecule has 0 aliphatic heterocycles. The molecule has 3 heteroatoms. The molecule has 2 N–H and O–H groups in total. The fraction of sp³-hybridized carbons (Fsp3) is 1.00. The quantitative estimate of drug-likeness (QED) is 0.599. The van der Waals surface area contributed by atoms with Crippen LogP contribution in [0.2, 0.25) is 0 Å². The second kappa shape index (κ2) is 6.58. The summed E-state index contributed by atoms with van der Waals surface area (Å²) in [6.07, 6.45) is 1.49. The summed E-state index contributed by atoms with van der Waals surface area (Å²) in [5.41, 5.74) is 0. The number of hydrogen-bond donors (Lipinski definition) is 2. The zero-order valence-corrected chi connectivity index (χ0v) is 7.29. The van der Waals surface area contributed by atoms with E-state index < -0.39 is 0 Å². The third-order valence-corrected chi connectivity index (χ3v) is 1.54. The molecule has 11 heavy (non-hydrogen) atoms. The van der Waals surface area contributed by atoms with Crippen LogP contribution in [0.3, 0.4) is 0 Å². The van der Waals surface area contributed by atoms with Crippen LogP contribution in [0.5, 0.6) is 0 Å². The van der Waals surface area contributed by atoms with Crippen molar-refractivity contribution in [1.29, 1.82) is 0 Å². The molecule has 0 bridgehead atoms. The number of rotatable bonds is 6. The van der Waals surface area contributed by atoms with Gasteiger partial charge in [-0.2, -0.15) is 0 Å². The van der Waals surface area contributed by atoms with E-state index in [0.29, 0.717) is 12.8 Å². The molecule has 0 amide bonds. The second-order valence-electron chi connectivity index (χ2n) is 2.78. The molecule has 0 fully saturated rings. The fourth-order valence-corrected chi connectivity index (χ4v) is 0.896. The monoisotopic (exact) mass is 162 g/mol. The summed E-state index contributed by atoms with van der Waals surface area (Å²) >= 11 is 0. The third-order valence-electron chi connectivity index (χ3n) is 1.54. The van der Waals surface area contributed by atoms with Crippen molar-refractivity contribution in [1.82, 2.24) is 0 Å². The molecule has 0 radical (unpaired) electrons. The molecule has 0 aromatic heterocycles. The normalized spacial score (nSPS) is 16.4. The van der Waals surface area contributed by atoms with Gasteiger partial charge in [0.15, 0.2) is 0 Å². The first kappa shape index (κ1) is 10.9. The third kappa shape index (κ3) is 6.28. The van der Waals surface area contributed by atoms with Crippen molar-refractivity contribution in [2.24, 2.45) is 0 Å². The van der Waals surface area contributed by atoms with E-state index in [9.17, 15) is 0 Å². The van der Waals surface area contributed by atoms with Crippen molar-refractivity contribution in [3.05, 3.63) is 0 Å². The van der Waals surface area contributed by atoms with Crippen LogP contribution in [0.4, 0.5) is 0 Å². The van der Waals surface area contributed by atoms with Crippen LogP contribution in [0, 0.1) is 0 Å². The second-order valence-corrected chi connectivity index (χ2v) is 2.78. The largest absolute Gasteiger partial charge is 0.396 e. The molecule has 0 spiro atoms. The molecule has 3 nitrogen and oxygen atoms in total. The Labute approximate surface area is 68.0 Å². The van der Waals surface area contributed by atoms with Crippen LogP contribution < -0.4 is 0 Å². The summed E-state index contributed by atoms with van der Waals surface area (Å²) in [7, 11) is 0. The van der Waals surface area contributed by atoms with Crippen LogP contribution in [-0.2, 0) is 4.74 Å². The maximum atomic E-state index is 8.55. The number of hydrogen-bond acceptors (Lipinski definition) is 3. The SMILES string of the molecule is C[C@H](CCO)O[C@@H](C)CCO. The lowest BCUT2D eigenvalue weighted by atomic mass is 10.2. The Morgan fingerprint density at radius 2 is 1.36 bits per heavy atom. The van der Waals surface area contributed by atoms with Crippen molar-refractivity contribution < 1.29 is 14.9 Å². The summed E-state index contributed by atoms with van der Waals surface area (Å²) in [6.45, 7) is 4.16. The van der Waals surface area contributed by atoms with Crippen LogP contribution in [0.25, 0.3) is 0 Å². The van der Waals surface area contributed by atoms with Gasteiger partial charge in [0, 0.05) is 13.2 Å². The van der Waals surface area contributed by atoms with Gasteiger partial charge in [0.05, 0.1) is 12.2 Å². The minimum absolute atomic E-state index is 0.0848. The molecule has 0 aromatic rings. The lowest BCUT2D eigenvalue weighted by Crippen LogP contribution is -2.19. The molecule has 2 atom stereocenters. The van der Waals surface area contributed by atoms with Gasteiger partial charge in [0.1, 0.15) is 0 Å². The molecule has 0 saturated carbocycles. The lowest BCUT2D eigenvalue weighted by Gasteiger charge is -2.17. The summed E-state index contributed by atoms with van der Waals surface area (Å²) in [5, 5.41) is 17.1. The predicted octanol–water partition coefficient (Wildman–Crippen LogP) is 0.545. The molecule has 0 aliphatic rings. The zero-order valence-electron chi connectivity index (χ0n) is 7.29. The Morgan fingerprint density at radius 3 is 1.64 bits per heavy atom. The molecule has 0 aliphatic carbocycles. The Bertz CT molecular complexity index is 75.4. The molecule has 0 aromatic carbocycles. The Balaban J connectivity index is 3.32. The zero-order chi connectivity index (χ0) is 8.69. The Morgan fingerprint density at radius 1 is 1.00 bits per heavy atom. The van der Waals surface area contributed by atoms with Gasteiger partial charge in [-0.1, -0.05) is 0 Å². The maximum Gasteiger partial charge on any atom is 0.0572 e. The van der Waals surface area contributed by atoms with Crippen molar-refractivity contribution in [2.75, 3.05) is 13.2 Å². The van der Waals surface area contributed by atoms with Crippen molar-refractivity contribution >= 4 is 0 Å². The summed E-state index contributed by atoms with van der Waals surface area (Å²) < 4.78 is 5.41. The summed E-state index contributed by atoms with van der Waals surface area (Å²) in [4.78, 5) is 0. The minimum atomic E-state index is 0.0848.